The number of anilines is 1. The SMILES string of the molecule is Cc1ccc(/C(O)=C2\C(=N)N(c3ccccc3)C3=C(C(=O)CC(C)(C)C3)C2c2ccc([N+](=O)[O-])cc2)cc1. The van der Waals surface area contributed by atoms with Gasteiger partial charge in [0.15, 0.2) is 5.78 Å². The van der Waals surface area contributed by atoms with Gasteiger partial charge in [0.05, 0.1) is 4.92 Å². The van der Waals surface area contributed by atoms with Crippen LogP contribution in [0, 0.1) is 27.9 Å². The molecule has 0 bridgehead atoms. The summed E-state index contributed by atoms with van der Waals surface area (Å²) in [5.74, 6) is -0.823. The average molecular weight is 508 g/mol. The number of para-hydroxylation sites is 1. The number of nitro groups is 1. The summed E-state index contributed by atoms with van der Waals surface area (Å²) in [6.45, 7) is 6.03. The fraction of sp³-hybridized carbons (Fsp3) is 0.226. The number of carbonyl (C=O) groups excluding carboxylic acids is 1. The van der Waals surface area contributed by atoms with Crippen molar-refractivity contribution < 1.29 is 14.8 Å². The molecular weight excluding hydrogens is 478 g/mol. The summed E-state index contributed by atoms with van der Waals surface area (Å²) < 4.78 is 0. The van der Waals surface area contributed by atoms with E-state index in [1.165, 1.54) is 12.1 Å². The number of nitrogens with one attached hydrogen (secondary N) is 1. The summed E-state index contributed by atoms with van der Waals surface area (Å²) in [6.07, 6.45) is 0.886. The third-order valence-corrected chi connectivity index (χ3v) is 7.25. The van der Waals surface area contributed by atoms with Crippen molar-refractivity contribution in [1.29, 1.82) is 5.41 Å². The standard InChI is InChI=1S/C31H29N3O4/c1-19-9-11-21(12-10-19)29(36)28-26(20-13-15-23(16-14-20)34(37)38)27-24(17-31(2,3)18-25(27)35)33(30(28)32)22-7-5-4-6-8-22/h4-16,26,32,36H,17-18H2,1-3H3/b29-28+,32-30?. The van der Waals surface area contributed by atoms with Gasteiger partial charge in [-0.3, -0.25) is 25.2 Å². The van der Waals surface area contributed by atoms with Gasteiger partial charge in [-0.05, 0) is 36.5 Å². The number of benzene rings is 3. The number of hydrogen-bond donors (Lipinski definition) is 2. The van der Waals surface area contributed by atoms with Crippen molar-refractivity contribution in [2.45, 2.75) is 39.5 Å². The molecule has 1 heterocycles. The van der Waals surface area contributed by atoms with Crippen LogP contribution >= 0.6 is 0 Å². The Morgan fingerprint density at radius 3 is 2.24 bits per heavy atom. The molecule has 1 unspecified atom stereocenters. The maximum Gasteiger partial charge on any atom is 0.269 e. The van der Waals surface area contributed by atoms with Gasteiger partial charge in [-0.15, -0.1) is 0 Å². The van der Waals surface area contributed by atoms with Gasteiger partial charge in [0.25, 0.3) is 5.69 Å². The fourth-order valence-electron chi connectivity index (χ4n) is 5.47. The number of nitrogens with zero attached hydrogens (tertiary/aromatic N) is 2. The molecule has 1 atom stereocenters. The van der Waals surface area contributed by atoms with Crippen molar-refractivity contribution in [3.63, 3.8) is 0 Å². The summed E-state index contributed by atoms with van der Waals surface area (Å²) in [4.78, 5) is 26.5. The van der Waals surface area contributed by atoms with Crippen LogP contribution in [0.25, 0.3) is 5.76 Å². The second kappa shape index (κ2) is 9.41. The molecule has 192 valence electrons. The number of aryl methyl sites for hydroxylation is 1. The molecule has 3 aromatic carbocycles. The molecular formula is C31H29N3O4. The molecule has 0 saturated carbocycles. The Kier molecular flexibility index (Phi) is 6.23. The largest absolute Gasteiger partial charge is 0.507 e. The smallest absolute Gasteiger partial charge is 0.269 e. The Balaban J connectivity index is 1.83. The van der Waals surface area contributed by atoms with Crippen molar-refractivity contribution in [3.05, 3.63) is 123 Å². The lowest BCUT2D eigenvalue weighted by Crippen LogP contribution is -2.45. The Bertz CT molecular complexity index is 1500. The van der Waals surface area contributed by atoms with Crippen LogP contribution in [0.1, 0.15) is 49.3 Å². The molecule has 38 heavy (non-hydrogen) atoms. The van der Waals surface area contributed by atoms with Crippen LogP contribution in [0.4, 0.5) is 11.4 Å². The second-order valence-electron chi connectivity index (χ2n) is 10.7. The number of nitro benzene ring substituents is 1. The number of carbonyl (C=O) groups is 1. The van der Waals surface area contributed by atoms with E-state index in [1.807, 2.05) is 63.2 Å². The normalized spacial score (nSPS) is 20.3. The lowest BCUT2D eigenvalue weighted by Gasteiger charge is -2.45. The third-order valence-electron chi connectivity index (χ3n) is 7.25. The van der Waals surface area contributed by atoms with Crippen LogP contribution in [0.3, 0.4) is 0 Å². The zero-order valence-electron chi connectivity index (χ0n) is 21.6. The van der Waals surface area contributed by atoms with E-state index in [9.17, 15) is 25.4 Å². The van der Waals surface area contributed by atoms with Gasteiger partial charge in [-0.2, -0.15) is 0 Å². The van der Waals surface area contributed by atoms with Gasteiger partial charge in [0.2, 0.25) is 0 Å². The van der Waals surface area contributed by atoms with Gasteiger partial charge < -0.3 is 5.11 Å². The number of allylic oxidation sites excluding steroid dienone is 2. The predicted octanol–water partition coefficient (Wildman–Crippen LogP) is 7.10. The van der Waals surface area contributed by atoms with E-state index in [2.05, 4.69) is 0 Å². The van der Waals surface area contributed by atoms with Gasteiger partial charge in [0.1, 0.15) is 11.6 Å². The summed E-state index contributed by atoms with van der Waals surface area (Å²) in [7, 11) is 0. The minimum Gasteiger partial charge on any atom is -0.507 e. The second-order valence-corrected chi connectivity index (χ2v) is 10.7. The molecule has 1 aliphatic carbocycles. The highest BCUT2D eigenvalue weighted by Gasteiger charge is 2.46. The first-order valence-electron chi connectivity index (χ1n) is 12.5. The lowest BCUT2D eigenvalue weighted by atomic mass is 9.67. The molecule has 0 saturated heterocycles. The highest BCUT2D eigenvalue weighted by molar-refractivity contribution is 6.19. The number of non-ortho nitro benzene ring substituents is 1. The van der Waals surface area contributed by atoms with Gasteiger partial charge in [0, 0.05) is 52.6 Å². The maximum atomic E-state index is 13.9. The highest BCUT2D eigenvalue weighted by atomic mass is 16.6. The molecule has 0 spiro atoms. The average Bonchev–Trinajstić information content (AvgIpc) is 2.88. The summed E-state index contributed by atoms with van der Waals surface area (Å²) in [6, 6.07) is 22.8. The number of ketones is 1. The van der Waals surface area contributed by atoms with Gasteiger partial charge in [-0.25, -0.2) is 0 Å². The van der Waals surface area contributed by atoms with Gasteiger partial charge >= 0.3 is 0 Å². The van der Waals surface area contributed by atoms with Crippen molar-refractivity contribution >= 4 is 28.8 Å². The molecule has 5 rings (SSSR count). The summed E-state index contributed by atoms with van der Waals surface area (Å²) in [5, 5.41) is 32.4. The zero-order chi connectivity index (χ0) is 27.2. The van der Waals surface area contributed by atoms with Crippen LogP contribution in [-0.4, -0.2) is 21.6 Å². The molecule has 0 aromatic heterocycles. The summed E-state index contributed by atoms with van der Waals surface area (Å²) in [5.41, 5.74) is 4.05. The number of aliphatic hydroxyl groups is 1. The summed E-state index contributed by atoms with van der Waals surface area (Å²) >= 11 is 0. The van der Waals surface area contributed by atoms with Crippen LogP contribution in [0.2, 0.25) is 0 Å². The van der Waals surface area contributed by atoms with Crippen molar-refractivity contribution in [3.8, 4) is 0 Å². The first-order valence-corrected chi connectivity index (χ1v) is 12.5. The Morgan fingerprint density at radius 1 is 1.00 bits per heavy atom. The quantitative estimate of drug-likeness (QED) is 0.223. The van der Waals surface area contributed by atoms with Gasteiger partial charge in [-0.1, -0.05) is 74.0 Å². The van der Waals surface area contributed by atoms with E-state index in [1.54, 1.807) is 29.2 Å². The van der Waals surface area contributed by atoms with Crippen LogP contribution < -0.4 is 4.90 Å². The van der Waals surface area contributed by atoms with Crippen LogP contribution in [0.15, 0.2) is 95.7 Å². The lowest BCUT2D eigenvalue weighted by molar-refractivity contribution is -0.384. The molecule has 2 N–H and O–H groups in total. The third kappa shape index (κ3) is 4.41. The molecule has 0 radical (unpaired) electrons. The number of hydrogen-bond acceptors (Lipinski definition) is 5. The van der Waals surface area contributed by atoms with Crippen molar-refractivity contribution in [2.24, 2.45) is 5.41 Å². The van der Waals surface area contributed by atoms with Crippen LogP contribution in [0.5, 0.6) is 0 Å². The minimum absolute atomic E-state index is 0.0535. The highest BCUT2D eigenvalue weighted by Crippen LogP contribution is 2.51. The number of amidine groups is 1. The zero-order valence-corrected chi connectivity index (χ0v) is 21.6. The van der Waals surface area contributed by atoms with E-state index in [0.29, 0.717) is 35.1 Å². The van der Waals surface area contributed by atoms with Crippen molar-refractivity contribution in [2.75, 3.05) is 4.90 Å². The van der Waals surface area contributed by atoms with Crippen LogP contribution in [-0.2, 0) is 4.79 Å². The molecule has 0 amide bonds. The Morgan fingerprint density at radius 2 is 1.63 bits per heavy atom. The molecule has 0 fully saturated rings. The Labute approximate surface area is 221 Å². The molecule has 7 heteroatoms. The fourth-order valence-corrected chi connectivity index (χ4v) is 5.47. The first kappa shape index (κ1) is 25.1. The molecule has 2 aliphatic rings. The maximum absolute atomic E-state index is 13.9. The van der Waals surface area contributed by atoms with E-state index >= 15 is 0 Å². The molecule has 1 aliphatic heterocycles. The first-order chi connectivity index (χ1) is 18.1. The van der Waals surface area contributed by atoms with Crippen molar-refractivity contribution in [1.82, 2.24) is 0 Å². The van der Waals surface area contributed by atoms with E-state index in [-0.39, 0.29) is 28.5 Å². The Hall–Kier alpha value is -4.52. The number of rotatable bonds is 4. The predicted molar refractivity (Wildman–Crippen MR) is 148 cm³/mol. The minimum atomic E-state index is -0.747. The topological polar surface area (TPSA) is 108 Å². The number of Topliss-reactive ketones (excluding diaryl/α,β-unsaturated/α-hetero) is 1. The molecule has 3 aromatic rings. The number of aliphatic hydroxyl groups excluding tert-OH is 1. The van der Waals surface area contributed by atoms with E-state index in [4.69, 9.17) is 0 Å². The van der Waals surface area contributed by atoms with E-state index < -0.39 is 10.8 Å². The van der Waals surface area contributed by atoms with E-state index in [0.717, 1.165) is 16.9 Å². The monoisotopic (exact) mass is 507 g/mol. The molecule has 7 nitrogen and oxygen atoms in total.